The molecule has 1 aromatic rings. The molecule has 0 unspecified atom stereocenters. The van der Waals surface area contributed by atoms with E-state index in [9.17, 15) is 14.0 Å². The van der Waals surface area contributed by atoms with Crippen LogP contribution in [0.5, 0.6) is 0 Å². The minimum Gasteiger partial charge on any atom is -0.358 e. The lowest BCUT2D eigenvalue weighted by Crippen LogP contribution is -2.50. The molecule has 2 fully saturated rings. The van der Waals surface area contributed by atoms with Gasteiger partial charge in [0.05, 0.1) is 6.04 Å². The zero-order valence-electron chi connectivity index (χ0n) is 14.2. The van der Waals surface area contributed by atoms with Gasteiger partial charge in [0.15, 0.2) is 0 Å². The molecule has 0 saturated carbocycles. The van der Waals surface area contributed by atoms with Crippen LogP contribution in [-0.4, -0.2) is 64.9 Å². The number of fused-ring (bicyclic) bond motifs is 1. The van der Waals surface area contributed by atoms with Gasteiger partial charge in [-0.05, 0) is 32.3 Å². The maximum Gasteiger partial charge on any atom is 0.254 e. The molecule has 3 heterocycles. The molecule has 2 saturated heterocycles. The van der Waals surface area contributed by atoms with Crippen molar-refractivity contribution in [2.24, 2.45) is 5.92 Å². The lowest BCUT2D eigenvalue weighted by atomic mass is 10.0. The predicted molar refractivity (Wildman–Crippen MR) is 86.8 cm³/mol. The standard InChI is InChI=1S/C17H23FN4O2/c1-10(2)22-13(16(23)19-3)6-12-8-21(9-14(12)22)17(24)11-4-5-20-15(18)7-11/h4-5,7,10,12-14H,6,8-9H2,1-3H3,(H,19,23)/t12-,13-,14+/m0/s1. The van der Waals surface area contributed by atoms with Gasteiger partial charge in [0.2, 0.25) is 11.9 Å². The van der Waals surface area contributed by atoms with Crippen molar-refractivity contribution in [2.75, 3.05) is 20.1 Å². The second-order valence-corrected chi connectivity index (χ2v) is 6.81. The number of amides is 2. The molecular weight excluding hydrogens is 311 g/mol. The second-order valence-electron chi connectivity index (χ2n) is 6.81. The Bertz CT molecular complexity index is 651. The van der Waals surface area contributed by atoms with Crippen molar-refractivity contribution in [3.8, 4) is 0 Å². The van der Waals surface area contributed by atoms with E-state index >= 15 is 0 Å². The summed E-state index contributed by atoms with van der Waals surface area (Å²) in [5.74, 6) is -0.521. The van der Waals surface area contributed by atoms with Crippen molar-refractivity contribution in [2.45, 2.75) is 38.4 Å². The molecule has 2 amide bonds. The molecule has 0 radical (unpaired) electrons. The molecule has 3 atom stereocenters. The van der Waals surface area contributed by atoms with Crippen LogP contribution in [0.1, 0.15) is 30.6 Å². The fraction of sp³-hybridized carbons (Fsp3) is 0.588. The molecule has 6 nitrogen and oxygen atoms in total. The highest BCUT2D eigenvalue weighted by molar-refractivity contribution is 5.94. The lowest BCUT2D eigenvalue weighted by Gasteiger charge is -2.33. The van der Waals surface area contributed by atoms with Crippen LogP contribution in [-0.2, 0) is 4.79 Å². The number of nitrogens with zero attached hydrogens (tertiary/aromatic N) is 3. The van der Waals surface area contributed by atoms with Crippen LogP contribution >= 0.6 is 0 Å². The van der Waals surface area contributed by atoms with E-state index in [4.69, 9.17) is 0 Å². The Hall–Kier alpha value is -2.02. The van der Waals surface area contributed by atoms with Crippen LogP contribution < -0.4 is 5.32 Å². The summed E-state index contributed by atoms with van der Waals surface area (Å²) >= 11 is 0. The van der Waals surface area contributed by atoms with Crippen LogP contribution in [0.4, 0.5) is 4.39 Å². The van der Waals surface area contributed by atoms with Crippen molar-refractivity contribution in [1.82, 2.24) is 20.1 Å². The van der Waals surface area contributed by atoms with Gasteiger partial charge in [-0.2, -0.15) is 4.39 Å². The fourth-order valence-corrected chi connectivity index (χ4v) is 4.10. The third-order valence-corrected chi connectivity index (χ3v) is 5.08. The number of hydrogen-bond donors (Lipinski definition) is 1. The lowest BCUT2D eigenvalue weighted by molar-refractivity contribution is -0.126. The molecule has 1 N–H and O–H groups in total. The van der Waals surface area contributed by atoms with Gasteiger partial charge in [-0.3, -0.25) is 14.5 Å². The molecule has 0 bridgehead atoms. The summed E-state index contributed by atoms with van der Waals surface area (Å²) in [6, 6.07) is 2.95. The predicted octanol–water partition coefficient (Wildman–Crippen LogP) is 0.890. The van der Waals surface area contributed by atoms with Crippen molar-refractivity contribution in [3.63, 3.8) is 0 Å². The van der Waals surface area contributed by atoms with E-state index in [1.54, 1.807) is 11.9 Å². The number of halogens is 1. The van der Waals surface area contributed by atoms with E-state index in [2.05, 4.69) is 29.0 Å². The van der Waals surface area contributed by atoms with Crippen LogP contribution in [0.3, 0.4) is 0 Å². The zero-order valence-corrected chi connectivity index (χ0v) is 14.2. The molecule has 2 aliphatic rings. The molecule has 24 heavy (non-hydrogen) atoms. The SMILES string of the molecule is CNC(=O)[C@@H]1C[C@H]2CN(C(=O)c3ccnc(F)c3)C[C@H]2N1C(C)C. The third-order valence-electron chi connectivity index (χ3n) is 5.08. The number of hydrogen-bond acceptors (Lipinski definition) is 4. The highest BCUT2D eigenvalue weighted by Gasteiger charge is 2.50. The number of rotatable bonds is 3. The van der Waals surface area contributed by atoms with Gasteiger partial charge in [0, 0.05) is 50.0 Å². The number of aromatic nitrogens is 1. The smallest absolute Gasteiger partial charge is 0.254 e. The van der Waals surface area contributed by atoms with Crippen molar-refractivity contribution < 1.29 is 14.0 Å². The number of carbonyl (C=O) groups excluding carboxylic acids is 2. The quantitative estimate of drug-likeness (QED) is 0.834. The first kappa shape index (κ1) is 16.8. The Labute approximate surface area is 141 Å². The number of pyridine rings is 1. The van der Waals surface area contributed by atoms with Gasteiger partial charge >= 0.3 is 0 Å². The summed E-state index contributed by atoms with van der Waals surface area (Å²) in [6.07, 6.45) is 2.05. The molecule has 2 aliphatic heterocycles. The van der Waals surface area contributed by atoms with E-state index in [1.807, 2.05) is 0 Å². The number of carbonyl (C=O) groups is 2. The molecule has 1 aromatic heterocycles. The Morgan fingerprint density at radius 3 is 2.75 bits per heavy atom. The second kappa shape index (κ2) is 6.47. The maximum absolute atomic E-state index is 13.3. The molecule has 0 spiro atoms. The Kier molecular flexibility index (Phi) is 4.54. The Balaban J connectivity index is 1.76. The summed E-state index contributed by atoms with van der Waals surface area (Å²) in [6.45, 7) is 5.31. The van der Waals surface area contributed by atoms with Gasteiger partial charge in [-0.15, -0.1) is 0 Å². The largest absolute Gasteiger partial charge is 0.358 e. The van der Waals surface area contributed by atoms with Crippen LogP contribution in [0, 0.1) is 11.9 Å². The Morgan fingerprint density at radius 1 is 1.38 bits per heavy atom. The van der Waals surface area contributed by atoms with Crippen LogP contribution in [0.15, 0.2) is 18.3 Å². The van der Waals surface area contributed by atoms with Crippen LogP contribution in [0.25, 0.3) is 0 Å². The topological polar surface area (TPSA) is 65.5 Å². The molecule has 3 rings (SSSR count). The summed E-state index contributed by atoms with van der Waals surface area (Å²) < 4.78 is 13.3. The van der Waals surface area contributed by atoms with Crippen molar-refractivity contribution in [3.05, 3.63) is 29.8 Å². The van der Waals surface area contributed by atoms with E-state index < -0.39 is 5.95 Å². The number of nitrogens with one attached hydrogen (secondary N) is 1. The molecule has 130 valence electrons. The highest BCUT2D eigenvalue weighted by Crippen LogP contribution is 2.37. The van der Waals surface area contributed by atoms with Crippen molar-refractivity contribution in [1.29, 1.82) is 0 Å². The zero-order chi connectivity index (χ0) is 17.4. The van der Waals surface area contributed by atoms with Gasteiger partial charge < -0.3 is 10.2 Å². The summed E-state index contributed by atoms with van der Waals surface area (Å²) in [4.78, 5) is 32.2. The van der Waals surface area contributed by atoms with Crippen LogP contribution in [0.2, 0.25) is 0 Å². The van der Waals surface area contributed by atoms with Gasteiger partial charge in [-0.1, -0.05) is 0 Å². The highest BCUT2D eigenvalue weighted by atomic mass is 19.1. The number of likely N-dealkylation sites (N-methyl/N-ethyl adjacent to an activating group) is 1. The monoisotopic (exact) mass is 334 g/mol. The minimum atomic E-state index is -0.649. The Morgan fingerprint density at radius 2 is 2.12 bits per heavy atom. The minimum absolute atomic E-state index is 0.0344. The first-order chi connectivity index (χ1) is 11.4. The average molecular weight is 334 g/mol. The number of likely N-dealkylation sites (tertiary alicyclic amines) is 2. The summed E-state index contributed by atoms with van der Waals surface area (Å²) in [5.41, 5.74) is 0.321. The fourth-order valence-electron chi connectivity index (χ4n) is 4.10. The van der Waals surface area contributed by atoms with E-state index in [1.165, 1.54) is 18.3 Å². The van der Waals surface area contributed by atoms with E-state index in [0.29, 0.717) is 18.7 Å². The first-order valence-electron chi connectivity index (χ1n) is 8.32. The van der Waals surface area contributed by atoms with E-state index in [0.717, 1.165) is 6.42 Å². The first-order valence-corrected chi connectivity index (χ1v) is 8.32. The summed E-state index contributed by atoms with van der Waals surface area (Å²) in [5, 5.41) is 2.74. The molecular formula is C17H23FN4O2. The van der Waals surface area contributed by atoms with Crippen molar-refractivity contribution >= 4 is 11.8 Å². The normalized spacial score (nSPS) is 26.7. The molecule has 7 heteroatoms. The maximum atomic E-state index is 13.3. The average Bonchev–Trinajstić information content (AvgIpc) is 3.10. The van der Waals surface area contributed by atoms with Gasteiger partial charge in [0.25, 0.3) is 5.91 Å². The third kappa shape index (κ3) is 2.88. The molecule has 0 aliphatic carbocycles. The molecule has 0 aromatic carbocycles. The van der Waals surface area contributed by atoms with E-state index in [-0.39, 0.29) is 35.9 Å². The van der Waals surface area contributed by atoms with Gasteiger partial charge in [-0.25, -0.2) is 4.98 Å². The van der Waals surface area contributed by atoms with Gasteiger partial charge in [0.1, 0.15) is 0 Å². The summed E-state index contributed by atoms with van der Waals surface area (Å²) in [7, 11) is 1.66.